The molecular formula is C41H56Cl2N6S2. The number of hydrogen-bond acceptors (Lipinski definition) is 4. The van der Waals surface area contributed by atoms with Gasteiger partial charge in [-0.25, -0.2) is 0 Å². The van der Waals surface area contributed by atoms with E-state index in [0.29, 0.717) is 11.8 Å². The molecule has 0 aliphatic rings. The molecule has 4 aromatic carbocycles. The minimum atomic E-state index is 0. The Morgan fingerprint density at radius 1 is 0.373 bits per heavy atom. The molecule has 0 atom stereocenters. The van der Waals surface area contributed by atoms with Gasteiger partial charge in [-0.05, 0) is 105 Å². The Kier molecular flexibility index (Phi) is 23.6. The van der Waals surface area contributed by atoms with E-state index >= 15 is 0 Å². The Balaban J connectivity index is 0.00000451. The zero-order valence-electron chi connectivity index (χ0n) is 29.5. The van der Waals surface area contributed by atoms with Crippen molar-refractivity contribution < 1.29 is 0 Å². The van der Waals surface area contributed by atoms with Crippen LogP contribution in [0.25, 0.3) is 0 Å². The zero-order chi connectivity index (χ0) is 34.2. The van der Waals surface area contributed by atoms with Crippen molar-refractivity contribution >= 4 is 59.5 Å². The van der Waals surface area contributed by atoms with Crippen molar-refractivity contribution in [3.8, 4) is 0 Å². The standard InChI is InChI=1S/C41H54N6S2.2ClH/c48-40(46-32-24-38(34-16-5-1-6-17-34)35-18-7-2-8-19-35)44-30-14-28-42-26-13-27-43-29-15-31-45-41(49)47-33-25-39(36-20-9-3-10-21-36)37-22-11-4-12-23-37;;/h1-12,16-23,38-39,42-43H,13-15,24-33H2,(H2,44,46,48)(H2,45,47,49);2*1H. The first-order valence-corrected chi connectivity index (χ1v) is 18.7. The Bertz CT molecular complexity index is 1260. The lowest BCUT2D eigenvalue weighted by atomic mass is 9.88. The molecule has 51 heavy (non-hydrogen) atoms. The summed E-state index contributed by atoms with van der Waals surface area (Å²) in [5, 5.41) is 22.0. The second-order valence-corrected chi connectivity index (χ2v) is 13.1. The molecule has 0 heterocycles. The summed E-state index contributed by atoms with van der Waals surface area (Å²) in [6, 6.07) is 42.9. The van der Waals surface area contributed by atoms with Crippen LogP contribution < -0.4 is 31.9 Å². The predicted molar refractivity (Wildman–Crippen MR) is 230 cm³/mol. The largest absolute Gasteiger partial charge is 0.363 e. The quantitative estimate of drug-likeness (QED) is 0.0362. The summed E-state index contributed by atoms with van der Waals surface area (Å²) in [5.74, 6) is 0.701. The van der Waals surface area contributed by atoms with Crippen molar-refractivity contribution in [3.05, 3.63) is 144 Å². The summed E-state index contributed by atoms with van der Waals surface area (Å²) < 4.78 is 0. The van der Waals surface area contributed by atoms with Crippen LogP contribution in [0.1, 0.15) is 66.2 Å². The van der Waals surface area contributed by atoms with Gasteiger partial charge >= 0.3 is 0 Å². The van der Waals surface area contributed by atoms with Crippen LogP contribution in [0.2, 0.25) is 0 Å². The van der Waals surface area contributed by atoms with Crippen LogP contribution in [-0.2, 0) is 0 Å². The first-order valence-electron chi connectivity index (χ1n) is 17.9. The van der Waals surface area contributed by atoms with Crippen molar-refractivity contribution in [2.75, 3.05) is 52.4 Å². The van der Waals surface area contributed by atoms with E-state index in [9.17, 15) is 0 Å². The number of thiocarbonyl (C=S) groups is 2. The van der Waals surface area contributed by atoms with Crippen LogP contribution in [0.3, 0.4) is 0 Å². The lowest BCUT2D eigenvalue weighted by Gasteiger charge is -2.19. The van der Waals surface area contributed by atoms with Crippen LogP contribution >= 0.6 is 49.2 Å². The van der Waals surface area contributed by atoms with Crippen molar-refractivity contribution in [1.82, 2.24) is 31.9 Å². The lowest BCUT2D eigenvalue weighted by molar-refractivity contribution is 0.571. The second kappa shape index (κ2) is 27.4. The molecule has 0 radical (unpaired) electrons. The normalized spacial score (nSPS) is 10.5. The highest BCUT2D eigenvalue weighted by molar-refractivity contribution is 7.80. The molecule has 10 heteroatoms. The first-order chi connectivity index (χ1) is 24.2. The average Bonchev–Trinajstić information content (AvgIpc) is 3.15. The number of benzene rings is 4. The van der Waals surface area contributed by atoms with Crippen molar-refractivity contribution in [2.45, 2.75) is 43.9 Å². The van der Waals surface area contributed by atoms with Gasteiger partial charge in [-0.1, -0.05) is 121 Å². The first kappa shape index (κ1) is 43.9. The van der Waals surface area contributed by atoms with E-state index in [-0.39, 0.29) is 24.8 Å². The van der Waals surface area contributed by atoms with E-state index in [0.717, 1.165) is 94.7 Å². The van der Waals surface area contributed by atoms with Gasteiger partial charge in [0.15, 0.2) is 10.2 Å². The van der Waals surface area contributed by atoms with E-state index < -0.39 is 0 Å². The van der Waals surface area contributed by atoms with Crippen molar-refractivity contribution in [1.29, 1.82) is 0 Å². The van der Waals surface area contributed by atoms with Crippen LogP contribution in [0.5, 0.6) is 0 Å². The molecule has 0 aliphatic heterocycles. The van der Waals surface area contributed by atoms with Gasteiger partial charge in [-0.3, -0.25) is 0 Å². The minimum absolute atomic E-state index is 0. The maximum absolute atomic E-state index is 5.53. The van der Waals surface area contributed by atoms with E-state index in [1.54, 1.807) is 0 Å². The molecular weight excluding hydrogens is 712 g/mol. The van der Waals surface area contributed by atoms with Crippen LogP contribution in [0, 0.1) is 0 Å². The highest BCUT2D eigenvalue weighted by atomic mass is 35.5. The third kappa shape index (κ3) is 17.7. The molecule has 6 N–H and O–H groups in total. The number of hydrogen-bond donors (Lipinski definition) is 6. The molecule has 0 saturated carbocycles. The van der Waals surface area contributed by atoms with Gasteiger partial charge in [0.25, 0.3) is 0 Å². The van der Waals surface area contributed by atoms with E-state index in [1.807, 2.05) is 0 Å². The van der Waals surface area contributed by atoms with Crippen LogP contribution in [0.15, 0.2) is 121 Å². The van der Waals surface area contributed by atoms with Crippen molar-refractivity contribution in [3.63, 3.8) is 0 Å². The fraction of sp³-hybridized carbons (Fsp3) is 0.366. The van der Waals surface area contributed by atoms with Gasteiger partial charge in [0.1, 0.15) is 0 Å². The Labute approximate surface area is 329 Å². The van der Waals surface area contributed by atoms with Gasteiger partial charge in [-0.15, -0.1) is 24.8 Å². The molecule has 4 rings (SSSR count). The SMILES string of the molecule is Cl.Cl.S=C(NCCCNCCCNCCCNC(=S)NCCC(c1ccccc1)c1ccccc1)NCCC(c1ccccc1)c1ccccc1. The smallest absolute Gasteiger partial charge is 0.166 e. The summed E-state index contributed by atoms with van der Waals surface area (Å²) in [4.78, 5) is 0. The molecule has 0 bridgehead atoms. The van der Waals surface area contributed by atoms with Crippen molar-refractivity contribution in [2.24, 2.45) is 0 Å². The topological polar surface area (TPSA) is 72.2 Å². The van der Waals surface area contributed by atoms with Gasteiger partial charge in [0.2, 0.25) is 0 Å². The molecule has 0 saturated heterocycles. The third-order valence-electron chi connectivity index (χ3n) is 8.58. The fourth-order valence-electron chi connectivity index (χ4n) is 6.00. The number of rotatable bonds is 22. The molecule has 4 aromatic rings. The summed E-state index contributed by atoms with van der Waals surface area (Å²) in [7, 11) is 0. The molecule has 0 aliphatic carbocycles. The number of nitrogens with one attached hydrogen (secondary N) is 6. The summed E-state index contributed by atoms with van der Waals surface area (Å²) in [5.41, 5.74) is 5.35. The molecule has 276 valence electrons. The third-order valence-corrected chi connectivity index (χ3v) is 9.16. The fourth-order valence-corrected chi connectivity index (χ4v) is 6.41. The van der Waals surface area contributed by atoms with Crippen LogP contribution in [-0.4, -0.2) is 62.6 Å². The summed E-state index contributed by atoms with van der Waals surface area (Å²) in [6.07, 6.45) is 5.14. The van der Waals surface area contributed by atoms with E-state index in [2.05, 4.69) is 153 Å². The van der Waals surface area contributed by atoms with Gasteiger partial charge in [0.05, 0.1) is 0 Å². The van der Waals surface area contributed by atoms with Gasteiger partial charge < -0.3 is 31.9 Å². The molecule has 0 unspecified atom stereocenters. The highest BCUT2D eigenvalue weighted by Crippen LogP contribution is 2.28. The monoisotopic (exact) mass is 766 g/mol. The molecule has 0 fully saturated rings. The molecule has 0 spiro atoms. The average molecular weight is 768 g/mol. The minimum Gasteiger partial charge on any atom is -0.363 e. The number of halogens is 2. The second-order valence-electron chi connectivity index (χ2n) is 12.3. The maximum Gasteiger partial charge on any atom is 0.166 e. The molecule has 0 amide bonds. The molecule has 6 nitrogen and oxygen atoms in total. The predicted octanol–water partition coefficient (Wildman–Crippen LogP) is 7.55. The summed E-state index contributed by atoms with van der Waals surface area (Å²) >= 11 is 11.1. The maximum atomic E-state index is 5.53. The van der Waals surface area contributed by atoms with E-state index in [4.69, 9.17) is 24.4 Å². The van der Waals surface area contributed by atoms with Crippen LogP contribution in [0.4, 0.5) is 0 Å². The van der Waals surface area contributed by atoms with Gasteiger partial charge in [-0.2, -0.15) is 0 Å². The molecule has 0 aromatic heterocycles. The zero-order valence-corrected chi connectivity index (χ0v) is 32.8. The van der Waals surface area contributed by atoms with Gasteiger partial charge in [0, 0.05) is 38.0 Å². The Morgan fingerprint density at radius 3 is 0.922 bits per heavy atom. The van der Waals surface area contributed by atoms with E-state index in [1.165, 1.54) is 22.3 Å². The Morgan fingerprint density at radius 2 is 0.627 bits per heavy atom. The highest BCUT2D eigenvalue weighted by Gasteiger charge is 2.15. The summed E-state index contributed by atoms with van der Waals surface area (Å²) in [6.45, 7) is 7.36. The Hall–Kier alpha value is -3.24. The lowest BCUT2D eigenvalue weighted by Crippen LogP contribution is -2.37.